The Labute approximate surface area is 97.9 Å². The summed E-state index contributed by atoms with van der Waals surface area (Å²) in [5, 5.41) is 3.06. The number of esters is 1. The molecule has 3 nitrogen and oxygen atoms in total. The number of halogens is 1. The first kappa shape index (κ1) is 12.0. The van der Waals surface area contributed by atoms with Crippen molar-refractivity contribution >= 4 is 27.6 Å². The highest BCUT2D eigenvalue weighted by atomic mass is 79.9. The summed E-state index contributed by atoms with van der Waals surface area (Å²) < 4.78 is 5.90. The Kier molecular flexibility index (Phi) is 4.62. The zero-order valence-corrected chi connectivity index (χ0v) is 10.4. The largest absolute Gasteiger partial charge is 0.464 e. The van der Waals surface area contributed by atoms with E-state index in [9.17, 15) is 4.79 Å². The molecule has 0 aliphatic rings. The maximum Gasteiger partial charge on any atom is 0.328 e. The van der Waals surface area contributed by atoms with Gasteiger partial charge in [0.1, 0.15) is 6.04 Å². The number of carbonyl (C=O) groups is 1. The van der Waals surface area contributed by atoms with Crippen molar-refractivity contribution in [3.63, 3.8) is 0 Å². The maximum atomic E-state index is 11.3. The van der Waals surface area contributed by atoms with Crippen LogP contribution in [0.5, 0.6) is 0 Å². The van der Waals surface area contributed by atoms with E-state index in [0.29, 0.717) is 6.61 Å². The summed E-state index contributed by atoms with van der Waals surface area (Å²) in [5.74, 6) is -0.236. The van der Waals surface area contributed by atoms with E-state index in [1.54, 1.807) is 13.8 Å². The Bertz CT molecular complexity index is 324. The van der Waals surface area contributed by atoms with Crippen molar-refractivity contribution in [3.05, 3.63) is 28.7 Å². The van der Waals surface area contributed by atoms with Gasteiger partial charge in [-0.05, 0) is 38.1 Å². The summed E-state index contributed by atoms with van der Waals surface area (Å²) in [6.45, 7) is 3.98. The minimum absolute atomic E-state index is 0.236. The van der Waals surface area contributed by atoms with E-state index in [1.165, 1.54) is 0 Å². The molecule has 0 fully saturated rings. The molecule has 82 valence electrons. The van der Waals surface area contributed by atoms with Gasteiger partial charge in [-0.15, -0.1) is 0 Å². The lowest BCUT2D eigenvalue weighted by atomic mass is 10.2. The van der Waals surface area contributed by atoms with E-state index < -0.39 is 0 Å². The first-order chi connectivity index (χ1) is 7.13. The van der Waals surface area contributed by atoms with E-state index in [4.69, 9.17) is 4.74 Å². The van der Waals surface area contributed by atoms with Crippen molar-refractivity contribution < 1.29 is 9.53 Å². The lowest BCUT2D eigenvalue weighted by Gasteiger charge is -2.13. The zero-order valence-electron chi connectivity index (χ0n) is 8.79. The fraction of sp³-hybridized carbons (Fsp3) is 0.364. The van der Waals surface area contributed by atoms with Crippen LogP contribution in [-0.4, -0.2) is 18.6 Å². The van der Waals surface area contributed by atoms with Crippen LogP contribution in [0.3, 0.4) is 0 Å². The molecule has 0 unspecified atom stereocenters. The third-order valence-electron chi connectivity index (χ3n) is 1.87. The summed E-state index contributed by atoms with van der Waals surface area (Å²) in [5.41, 5.74) is 0.902. The maximum absolute atomic E-state index is 11.3. The van der Waals surface area contributed by atoms with Crippen molar-refractivity contribution in [1.82, 2.24) is 0 Å². The van der Waals surface area contributed by atoms with Crippen molar-refractivity contribution in [2.24, 2.45) is 0 Å². The molecule has 0 bridgehead atoms. The molecule has 1 aromatic rings. The van der Waals surface area contributed by atoms with Crippen LogP contribution in [-0.2, 0) is 9.53 Å². The first-order valence-electron chi connectivity index (χ1n) is 4.82. The second-order valence-electron chi connectivity index (χ2n) is 3.12. The van der Waals surface area contributed by atoms with Gasteiger partial charge in [0.15, 0.2) is 0 Å². The number of hydrogen-bond donors (Lipinski definition) is 1. The minimum Gasteiger partial charge on any atom is -0.464 e. The lowest BCUT2D eigenvalue weighted by molar-refractivity contribution is -0.143. The van der Waals surface area contributed by atoms with Gasteiger partial charge >= 0.3 is 5.97 Å². The Balaban J connectivity index is 2.54. The van der Waals surface area contributed by atoms with Crippen LogP contribution in [0.4, 0.5) is 5.69 Å². The number of hydrogen-bond acceptors (Lipinski definition) is 3. The van der Waals surface area contributed by atoms with Gasteiger partial charge in [0.05, 0.1) is 6.61 Å². The average molecular weight is 272 g/mol. The molecule has 0 aromatic heterocycles. The van der Waals surface area contributed by atoms with Crippen molar-refractivity contribution in [2.45, 2.75) is 19.9 Å². The third kappa shape index (κ3) is 3.91. The van der Waals surface area contributed by atoms with E-state index in [2.05, 4.69) is 21.2 Å². The van der Waals surface area contributed by atoms with Gasteiger partial charge in [0, 0.05) is 10.2 Å². The molecule has 1 aromatic carbocycles. The van der Waals surface area contributed by atoms with Crippen molar-refractivity contribution in [2.75, 3.05) is 11.9 Å². The van der Waals surface area contributed by atoms with Gasteiger partial charge in [-0.3, -0.25) is 0 Å². The van der Waals surface area contributed by atoms with Gasteiger partial charge < -0.3 is 10.1 Å². The van der Waals surface area contributed by atoms with E-state index >= 15 is 0 Å². The number of ether oxygens (including phenoxy) is 1. The van der Waals surface area contributed by atoms with E-state index in [1.807, 2.05) is 24.3 Å². The smallest absolute Gasteiger partial charge is 0.328 e. The number of benzene rings is 1. The number of carbonyl (C=O) groups excluding carboxylic acids is 1. The number of rotatable bonds is 4. The third-order valence-corrected chi connectivity index (χ3v) is 2.40. The Morgan fingerprint density at radius 1 is 1.47 bits per heavy atom. The fourth-order valence-electron chi connectivity index (χ4n) is 1.12. The molecule has 0 heterocycles. The SMILES string of the molecule is CCOC(=O)[C@@H](C)Nc1ccc(Br)cc1. The fourth-order valence-corrected chi connectivity index (χ4v) is 1.39. The summed E-state index contributed by atoms with van der Waals surface area (Å²) >= 11 is 3.35. The van der Waals surface area contributed by atoms with Crippen LogP contribution in [0.2, 0.25) is 0 Å². The molecule has 0 aliphatic carbocycles. The van der Waals surface area contributed by atoms with Crippen LogP contribution in [0.15, 0.2) is 28.7 Å². The molecule has 0 aliphatic heterocycles. The minimum atomic E-state index is -0.328. The highest BCUT2D eigenvalue weighted by Gasteiger charge is 2.12. The Morgan fingerprint density at radius 2 is 2.07 bits per heavy atom. The topological polar surface area (TPSA) is 38.3 Å². The molecule has 0 amide bonds. The molecule has 0 saturated carbocycles. The average Bonchev–Trinajstić information content (AvgIpc) is 2.22. The van der Waals surface area contributed by atoms with Crippen LogP contribution >= 0.6 is 15.9 Å². The molecule has 1 rings (SSSR count). The van der Waals surface area contributed by atoms with Gasteiger partial charge in [0.25, 0.3) is 0 Å². The van der Waals surface area contributed by atoms with Gasteiger partial charge in [-0.25, -0.2) is 4.79 Å². The summed E-state index contributed by atoms with van der Waals surface area (Å²) in [7, 11) is 0. The van der Waals surface area contributed by atoms with Gasteiger partial charge in [0.2, 0.25) is 0 Å². The zero-order chi connectivity index (χ0) is 11.3. The first-order valence-corrected chi connectivity index (χ1v) is 5.61. The molecule has 1 N–H and O–H groups in total. The predicted molar refractivity (Wildman–Crippen MR) is 63.9 cm³/mol. The van der Waals surface area contributed by atoms with Crippen LogP contribution in [0.25, 0.3) is 0 Å². The van der Waals surface area contributed by atoms with E-state index in [0.717, 1.165) is 10.2 Å². The normalized spacial score (nSPS) is 11.9. The van der Waals surface area contributed by atoms with E-state index in [-0.39, 0.29) is 12.0 Å². The molecule has 0 spiro atoms. The second kappa shape index (κ2) is 5.75. The van der Waals surface area contributed by atoms with Crippen LogP contribution in [0.1, 0.15) is 13.8 Å². The Hall–Kier alpha value is -1.03. The lowest BCUT2D eigenvalue weighted by Crippen LogP contribution is -2.28. The van der Waals surface area contributed by atoms with Crippen LogP contribution in [0, 0.1) is 0 Å². The number of anilines is 1. The summed E-state index contributed by atoms with van der Waals surface area (Å²) in [6, 6.07) is 7.31. The summed E-state index contributed by atoms with van der Waals surface area (Å²) in [6.07, 6.45) is 0. The Morgan fingerprint density at radius 3 is 2.60 bits per heavy atom. The number of nitrogens with one attached hydrogen (secondary N) is 1. The van der Waals surface area contributed by atoms with Gasteiger partial charge in [-0.1, -0.05) is 15.9 Å². The molecule has 15 heavy (non-hydrogen) atoms. The summed E-state index contributed by atoms with van der Waals surface area (Å²) in [4.78, 5) is 11.3. The second-order valence-corrected chi connectivity index (χ2v) is 4.04. The monoisotopic (exact) mass is 271 g/mol. The van der Waals surface area contributed by atoms with Crippen molar-refractivity contribution in [3.8, 4) is 0 Å². The highest BCUT2D eigenvalue weighted by molar-refractivity contribution is 9.10. The molecular formula is C11H14BrNO2. The quantitative estimate of drug-likeness (QED) is 0.856. The standard InChI is InChI=1S/C11H14BrNO2/c1-3-15-11(14)8(2)13-10-6-4-9(12)5-7-10/h4-8,13H,3H2,1-2H3/t8-/m1/s1. The molecule has 1 atom stereocenters. The molecule has 0 saturated heterocycles. The van der Waals surface area contributed by atoms with Gasteiger partial charge in [-0.2, -0.15) is 0 Å². The molecule has 0 radical (unpaired) electrons. The van der Waals surface area contributed by atoms with Crippen LogP contribution < -0.4 is 5.32 Å². The predicted octanol–water partition coefficient (Wildman–Crippen LogP) is 2.81. The molecular weight excluding hydrogens is 258 g/mol. The van der Waals surface area contributed by atoms with Crippen molar-refractivity contribution in [1.29, 1.82) is 0 Å². The molecule has 4 heteroatoms. The highest BCUT2D eigenvalue weighted by Crippen LogP contribution is 2.14.